The molecule has 1 aromatic rings. The van der Waals surface area contributed by atoms with E-state index in [1.54, 1.807) is 5.56 Å². The highest BCUT2D eigenvalue weighted by Crippen LogP contribution is 2.39. The normalized spacial score (nSPS) is 17.1. The Morgan fingerprint density at radius 3 is 2.53 bits per heavy atom. The highest BCUT2D eigenvalue weighted by Gasteiger charge is 2.22. The fourth-order valence-electron chi connectivity index (χ4n) is 2.25. The Balaban J connectivity index is 1.74. The summed E-state index contributed by atoms with van der Waals surface area (Å²) in [6, 6.07) is 9.94. The van der Waals surface area contributed by atoms with Crippen LogP contribution in [0, 0.1) is 0 Å². The Morgan fingerprint density at radius 2 is 1.94 bits per heavy atom. The Hall–Kier alpha value is -0.820. The molecular weight excluding hydrogens is 206 g/mol. The monoisotopic (exact) mass is 231 g/mol. The lowest BCUT2D eigenvalue weighted by atomic mass is 10.0. The fraction of sp³-hybridized carbons (Fsp3) is 0.625. The Bertz CT molecular complexity index is 324. The SMILES string of the molecule is CCCNC(C)CCc1ccc(C2CC2)cc1. The summed E-state index contributed by atoms with van der Waals surface area (Å²) in [7, 11) is 0. The molecule has 1 saturated carbocycles. The standard InChI is InChI=1S/C16H25N/c1-3-12-17-13(2)4-5-14-6-8-15(9-7-14)16-10-11-16/h6-9,13,16-17H,3-5,10-12H2,1-2H3. The molecule has 1 atom stereocenters. The van der Waals surface area contributed by atoms with Crippen LogP contribution < -0.4 is 5.32 Å². The summed E-state index contributed by atoms with van der Waals surface area (Å²) in [5.74, 6) is 0.884. The summed E-state index contributed by atoms with van der Waals surface area (Å²) >= 11 is 0. The quantitative estimate of drug-likeness (QED) is 0.751. The van der Waals surface area contributed by atoms with Gasteiger partial charge in [0.2, 0.25) is 0 Å². The maximum Gasteiger partial charge on any atom is 0.00418 e. The van der Waals surface area contributed by atoms with E-state index in [-0.39, 0.29) is 0 Å². The molecule has 0 spiro atoms. The third kappa shape index (κ3) is 4.16. The van der Waals surface area contributed by atoms with Crippen LogP contribution in [0.5, 0.6) is 0 Å². The molecule has 1 heteroatoms. The zero-order valence-corrected chi connectivity index (χ0v) is 11.2. The van der Waals surface area contributed by atoms with Gasteiger partial charge in [0, 0.05) is 6.04 Å². The summed E-state index contributed by atoms with van der Waals surface area (Å²) in [5, 5.41) is 3.54. The lowest BCUT2D eigenvalue weighted by Gasteiger charge is -2.13. The molecule has 0 radical (unpaired) electrons. The minimum atomic E-state index is 0.637. The zero-order chi connectivity index (χ0) is 12.1. The first-order valence-corrected chi connectivity index (χ1v) is 7.12. The second-order valence-electron chi connectivity index (χ2n) is 5.41. The average Bonchev–Trinajstić information content (AvgIpc) is 3.19. The minimum Gasteiger partial charge on any atom is -0.314 e. The van der Waals surface area contributed by atoms with E-state index in [2.05, 4.69) is 43.4 Å². The molecule has 1 unspecified atom stereocenters. The Kier molecular flexibility index (Phi) is 4.61. The van der Waals surface area contributed by atoms with Gasteiger partial charge in [-0.05, 0) is 62.6 Å². The molecule has 1 fully saturated rings. The van der Waals surface area contributed by atoms with Crippen LogP contribution in [0.3, 0.4) is 0 Å². The molecule has 0 heterocycles. The largest absolute Gasteiger partial charge is 0.314 e. The number of benzene rings is 1. The van der Waals surface area contributed by atoms with Crippen molar-refractivity contribution < 1.29 is 0 Å². The van der Waals surface area contributed by atoms with E-state index in [1.807, 2.05) is 0 Å². The maximum atomic E-state index is 3.54. The number of rotatable bonds is 7. The van der Waals surface area contributed by atoms with E-state index in [0.29, 0.717) is 6.04 Å². The molecule has 0 amide bonds. The van der Waals surface area contributed by atoms with Crippen LogP contribution in [0.1, 0.15) is 56.6 Å². The fourth-order valence-corrected chi connectivity index (χ4v) is 2.25. The van der Waals surface area contributed by atoms with Crippen molar-refractivity contribution in [2.45, 2.75) is 57.9 Å². The van der Waals surface area contributed by atoms with Crippen LogP contribution in [0.2, 0.25) is 0 Å². The van der Waals surface area contributed by atoms with Gasteiger partial charge in [-0.3, -0.25) is 0 Å². The van der Waals surface area contributed by atoms with Crippen molar-refractivity contribution in [1.82, 2.24) is 5.32 Å². The van der Waals surface area contributed by atoms with E-state index >= 15 is 0 Å². The van der Waals surface area contributed by atoms with Gasteiger partial charge in [0.15, 0.2) is 0 Å². The van der Waals surface area contributed by atoms with Crippen molar-refractivity contribution in [2.75, 3.05) is 6.54 Å². The summed E-state index contributed by atoms with van der Waals surface area (Å²) in [4.78, 5) is 0. The molecule has 1 aromatic carbocycles. The summed E-state index contributed by atoms with van der Waals surface area (Å²) < 4.78 is 0. The highest BCUT2D eigenvalue weighted by molar-refractivity contribution is 5.28. The minimum absolute atomic E-state index is 0.637. The van der Waals surface area contributed by atoms with Gasteiger partial charge in [-0.25, -0.2) is 0 Å². The van der Waals surface area contributed by atoms with Crippen LogP contribution in [-0.2, 0) is 6.42 Å². The van der Waals surface area contributed by atoms with Crippen molar-refractivity contribution in [3.63, 3.8) is 0 Å². The van der Waals surface area contributed by atoms with Gasteiger partial charge in [0.1, 0.15) is 0 Å². The maximum absolute atomic E-state index is 3.54. The molecule has 0 saturated heterocycles. The highest BCUT2D eigenvalue weighted by atomic mass is 14.9. The van der Waals surface area contributed by atoms with E-state index in [1.165, 1.54) is 37.7 Å². The van der Waals surface area contributed by atoms with Gasteiger partial charge in [-0.15, -0.1) is 0 Å². The summed E-state index contributed by atoms with van der Waals surface area (Å²) in [6.07, 6.45) is 6.46. The van der Waals surface area contributed by atoms with Crippen molar-refractivity contribution in [2.24, 2.45) is 0 Å². The Morgan fingerprint density at radius 1 is 1.24 bits per heavy atom. The third-order valence-corrected chi connectivity index (χ3v) is 3.64. The second-order valence-corrected chi connectivity index (χ2v) is 5.41. The van der Waals surface area contributed by atoms with Crippen molar-refractivity contribution in [3.8, 4) is 0 Å². The molecule has 1 nitrogen and oxygen atoms in total. The van der Waals surface area contributed by atoms with Crippen LogP contribution in [0.25, 0.3) is 0 Å². The smallest absolute Gasteiger partial charge is 0.00418 e. The topological polar surface area (TPSA) is 12.0 Å². The average molecular weight is 231 g/mol. The molecule has 1 N–H and O–H groups in total. The number of hydrogen-bond acceptors (Lipinski definition) is 1. The van der Waals surface area contributed by atoms with Gasteiger partial charge in [0.25, 0.3) is 0 Å². The molecule has 0 bridgehead atoms. The van der Waals surface area contributed by atoms with Gasteiger partial charge in [-0.2, -0.15) is 0 Å². The molecule has 1 aliphatic carbocycles. The molecular formula is C16H25N. The molecule has 0 aliphatic heterocycles. The predicted octanol–water partition coefficient (Wildman–Crippen LogP) is 3.88. The van der Waals surface area contributed by atoms with Gasteiger partial charge < -0.3 is 5.32 Å². The van der Waals surface area contributed by atoms with E-state index in [9.17, 15) is 0 Å². The number of aryl methyl sites for hydroxylation is 1. The molecule has 0 aromatic heterocycles. The molecule has 17 heavy (non-hydrogen) atoms. The van der Waals surface area contributed by atoms with E-state index in [0.717, 1.165) is 12.5 Å². The molecule has 1 aliphatic rings. The third-order valence-electron chi connectivity index (χ3n) is 3.64. The van der Waals surface area contributed by atoms with Crippen LogP contribution in [-0.4, -0.2) is 12.6 Å². The van der Waals surface area contributed by atoms with E-state index < -0.39 is 0 Å². The first-order chi connectivity index (χ1) is 8.29. The lowest BCUT2D eigenvalue weighted by molar-refractivity contribution is 0.514. The Labute approximate surface area is 106 Å². The summed E-state index contributed by atoms with van der Waals surface area (Å²) in [5.41, 5.74) is 3.03. The van der Waals surface area contributed by atoms with E-state index in [4.69, 9.17) is 0 Å². The van der Waals surface area contributed by atoms with Crippen LogP contribution in [0.4, 0.5) is 0 Å². The predicted molar refractivity (Wildman–Crippen MR) is 74.5 cm³/mol. The van der Waals surface area contributed by atoms with Crippen molar-refractivity contribution in [1.29, 1.82) is 0 Å². The van der Waals surface area contributed by atoms with Crippen molar-refractivity contribution >= 4 is 0 Å². The lowest BCUT2D eigenvalue weighted by Crippen LogP contribution is -2.27. The molecule has 2 rings (SSSR count). The summed E-state index contributed by atoms with van der Waals surface area (Å²) in [6.45, 7) is 5.65. The van der Waals surface area contributed by atoms with Crippen molar-refractivity contribution in [3.05, 3.63) is 35.4 Å². The van der Waals surface area contributed by atoms with Gasteiger partial charge >= 0.3 is 0 Å². The number of nitrogens with one attached hydrogen (secondary N) is 1. The first kappa shape index (κ1) is 12.6. The van der Waals surface area contributed by atoms with Crippen LogP contribution >= 0.6 is 0 Å². The zero-order valence-electron chi connectivity index (χ0n) is 11.2. The first-order valence-electron chi connectivity index (χ1n) is 7.12. The molecule has 94 valence electrons. The number of hydrogen-bond donors (Lipinski definition) is 1. The van der Waals surface area contributed by atoms with Gasteiger partial charge in [-0.1, -0.05) is 31.2 Å². The van der Waals surface area contributed by atoms with Gasteiger partial charge in [0.05, 0.1) is 0 Å². The second kappa shape index (κ2) is 6.20. The van der Waals surface area contributed by atoms with Crippen LogP contribution in [0.15, 0.2) is 24.3 Å².